The van der Waals surface area contributed by atoms with E-state index in [2.05, 4.69) is 21.2 Å². The Balaban J connectivity index is 2.12. The molecule has 1 atom stereocenters. The maximum absolute atomic E-state index is 12.8. The number of aryl methyl sites for hydroxylation is 1. The molecule has 7 heteroatoms. The molecule has 1 N–H and O–H groups in total. The van der Waals surface area contributed by atoms with Crippen molar-refractivity contribution >= 4 is 39.3 Å². The van der Waals surface area contributed by atoms with E-state index >= 15 is 0 Å². The summed E-state index contributed by atoms with van der Waals surface area (Å²) in [4.78, 5) is 26.4. The van der Waals surface area contributed by atoms with Crippen LogP contribution < -0.4 is 10.1 Å². The standard InChI is InChI=1S/C20H22BrClN2O3/c1-13-10-17(8-9-18(13)21)27-12-19(25)24(14(2)20(26)23-3)11-15-4-6-16(22)7-5-15/h4-10,14H,11-12H2,1-3H3,(H,23,26)/t14-/m1/s1. The van der Waals surface area contributed by atoms with Gasteiger partial charge in [-0.15, -0.1) is 0 Å². The molecule has 2 aromatic rings. The monoisotopic (exact) mass is 452 g/mol. The fraction of sp³-hybridized carbons (Fsp3) is 0.300. The minimum absolute atomic E-state index is 0.157. The highest BCUT2D eigenvalue weighted by Gasteiger charge is 2.25. The summed E-state index contributed by atoms with van der Waals surface area (Å²) in [6, 6.07) is 12.0. The van der Waals surface area contributed by atoms with E-state index in [0.717, 1.165) is 15.6 Å². The average molecular weight is 454 g/mol. The topological polar surface area (TPSA) is 58.6 Å². The number of nitrogens with one attached hydrogen (secondary N) is 1. The van der Waals surface area contributed by atoms with Crippen molar-refractivity contribution in [1.29, 1.82) is 0 Å². The van der Waals surface area contributed by atoms with Crippen LogP contribution in [0, 0.1) is 6.92 Å². The van der Waals surface area contributed by atoms with Crippen LogP contribution in [0.25, 0.3) is 0 Å². The normalized spacial score (nSPS) is 11.6. The second-order valence-electron chi connectivity index (χ2n) is 6.14. The van der Waals surface area contributed by atoms with E-state index in [1.165, 1.54) is 4.90 Å². The second kappa shape index (κ2) is 9.76. The Bertz CT molecular complexity index is 811. The Morgan fingerprint density at radius 1 is 1.22 bits per heavy atom. The van der Waals surface area contributed by atoms with Crippen molar-refractivity contribution in [1.82, 2.24) is 10.2 Å². The molecule has 0 radical (unpaired) electrons. The van der Waals surface area contributed by atoms with Gasteiger partial charge in [-0.05, 0) is 55.3 Å². The van der Waals surface area contributed by atoms with Gasteiger partial charge in [0.2, 0.25) is 5.91 Å². The van der Waals surface area contributed by atoms with Gasteiger partial charge in [-0.2, -0.15) is 0 Å². The van der Waals surface area contributed by atoms with E-state index in [0.29, 0.717) is 10.8 Å². The molecule has 5 nitrogen and oxygen atoms in total. The quantitative estimate of drug-likeness (QED) is 0.690. The molecule has 27 heavy (non-hydrogen) atoms. The predicted molar refractivity (Wildman–Crippen MR) is 110 cm³/mol. The van der Waals surface area contributed by atoms with Gasteiger partial charge < -0.3 is 15.0 Å². The molecule has 0 aliphatic rings. The van der Waals surface area contributed by atoms with Gasteiger partial charge in [0.25, 0.3) is 5.91 Å². The van der Waals surface area contributed by atoms with Gasteiger partial charge in [-0.25, -0.2) is 0 Å². The Morgan fingerprint density at radius 2 is 1.89 bits per heavy atom. The van der Waals surface area contributed by atoms with Crippen molar-refractivity contribution in [3.05, 3.63) is 63.1 Å². The number of carbonyl (C=O) groups is 2. The highest BCUT2D eigenvalue weighted by Crippen LogP contribution is 2.22. The molecule has 144 valence electrons. The zero-order valence-corrected chi connectivity index (χ0v) is 17.8. The zero-order chi connectivity index (χ0) is 20.0. The maximum Gasteiger partial charge on any atom is 0.261 e. The second-order valence-corrected chi connectivity index (χ2v) is 7.43. The number of carbonyl (C=O) groups excluding carboxylic acids is 2. The summed E-state index contributed by atoms with van der Waals surface area (Å²) in [6.45, 7) is 3.76. The smallest absolute Gasteiger partial charge is 0.261 e. The van der Waals surface area contributed by atoms with Crippen LogP contribution in [0.3, 0.4) is 0 Å². The Morgan fingerprint density at radius 3 is 2.48 bits per heavy atom. The van der Waals surface area contributed by atoms with Gasteiger partial charge in [0.15, 0.2) is 6.61 Å². The van der Waals surface area contributed by atoms with Gasteiger partial charge in [0.1, 0.15) is 11.8 Å². The van der Waals surface area contributed by atoms with E-state index in [-0.39, 0.29) is 25.0 Å². The van der Waals surface area contributed by atoms with Crippen LogP contribution in [0.1, 0.15) is 18.1 Å². The molecule has 0 heterocycles. The molecule has 2 rings (SSSR count). The molecule has 2 amide bonds. The number of hydrogen-bond donors (Lipinski definition) is 1. The number of likely N-dealkylation sites (N-methyl/N-ethyl adjacent to an activating group) is 1. The molecule has 0 aromatic heterocycles. The van der Waals surface area contributed by atoms with E-state index in [1.54, 1.807) is 32.2 Å². The summed E-state index contributed by atoms with van der Waals surface area (Å²) in [5.41, 5.74) is 1.89. The number of benzene rings is 2. The van der Waals surface area contributed by atoms with Gasteiger partial charge in [0.05, 0.1) is 0 Å². The number of ether oxygens (including phenoxy) is 1. The molecule has 0 fully saturated rings. The van der Waals surface area contributed by atoms with Gasteiger partial charge in [-0.1, -0.05) is 39.7 Å². The lowest BCUT2D eigenvalue weighted by atomic mass is 10.1. The molecule has 0 bridgehead atoms. The number of halogens is 2. The fourth-order valence-corrected chi connectivity index (χ4v) is 2.89. The largest absolute Gasteiger partial charge is 0.484 e. The van der Waals surface area contributed by atoms with Crippen molar-refractivity contribution in [3.63, 3.8) is 0 Å². The third-order valence-corrected chi connectivity index (χ3v) is 5.31. The first-order valence-electron chi connectivity index (χ1n) is 8.46. The summed E-state index contributed by atoms with van der Waals surface area (Å²) >= 11 is 9.35. The van der Waals surface area contributed by atoms with Crippen molar-refractivity contribution in [2.45, 2.75) is 26.4 Å². The minimum atomic E-state index is -0.631. The zero-order valence-electron chi connectivity index (χ0n) is 15.5. The number of nitrogens with zero attached hydrogens (tertiary/aromatic N) is 1. The third-order valence-electron chi connectivity index (χ3n) is 4.17. The molecular weight excluding hydrogens is 432 g/mol. The molecule has 0 aliphatic heterocycles. The molecule has 0 saturated carbocycles. The van der Waals surface area contributed by atoms with Gasteiger partial charge >= 0.3 is 0 Å². The molecule has 2 aromatic carbocycles. The van der Waals surface area contributed by atoms with Crippen LogP contribution in [0.15, 0.2) is 46.9 Å². The predicted octanol–water partition coefficient (Wildman–Crippen LogP) is 3.95. The lowest BCUT2D eigenvalue weighted by Gasteiger charge is -2.28. The summed E-state index contributed by atoms with van der Waals surface area (Å²) in [5.74, 6) is 0.0847. The fourth-order valence-electron chi connectivity index (χ4n) is 2.51. The lowest BCUT2D eigenvalue weighted by Crippen LogP contribution is -2.48. The highest BCUT2D eigenvalue weighted by atomic mass is 79.9. The number of rotatable bonds is 7. The van der Waals surface area contributed by atoms with E-state index in [1.807, 2.05) is 31.2 Å². The van der Waals surface area contributed by atoms with Crippen molar-refractivity contribution in [3.8, 4) is 5.75 Å². The first kappa shape index (κ1) is 21.3. The molecular formula is C20H22BrClN2O3. The van der Waals surface area contributed by atoms with Crippen molar-refractivity contribution < 1.29 is 14.3 Å². The highest BCUT2D eigenvalue weighted by molar-refractivity contribution is 9.10. The average Bonchev–Trinajstić information content (AvgIpc) is 2.67. The number of hydrogen-bond acceptors (Lipinski definition) is 3. The Kier molecular flexibility index (Phi) is 7.68. The van der Waals surface area contributed by atoms with Crippen LogP contribution in [0.5, 0.6) is 5.75 Å². The molecule has 0 unspecified atom stereocenters. The molecule has 0 saturated heterocycles. The summed E-state index contributed by atoms with van der Waals surface area (Å²) < 4.78 is 6.61. The summed E-state index contributed by atoms with van der Waals surface area (Å²) in [7, 11) is 1.55. The van der Waals surface area contributed by atoms with E-state index in [4.69, 9.17) is 16.3 Å². The maximum atomic E-state index is 12.8. The van der Waals surface area contributed by atoms with Gasteiger partial charge in [0, 0.05) is 23.1 Å². The van der Waals surface area contributed by atoms with Crippen LogP contribution in [0.2, 0.25) is 5.02 Å². The van der Waals surface area contributed by atoms with Gasteiger partial charge in [-0.3, -0.25) is 9.59 Å². The Labute approximate surface area is 172 Å². The van der Waals surface area contributed by atoms with Crippen LogP contribution in [-0.4, -0.2) is 36.4 Å². The summed E-state index contributed by atoms with van der Waals surface area (Å²) in [6.07, 6.45) is 0. The van der Waals surface area contributed by atoms with Crippen molar-refractivity contribution in [2.24, 2.45) is 0 Å². The lowest BCUT2D eigenvalue weighted by molar-refractivity contribution is -0.142. The third kappa shape index (κ3) is 5.97. The van der Waals surface area contributed by atoms with Crippen LogP contribution in [-0.2, 0) is 16.1 Å². The first-order valence-corrected chi connectivity index (χ1v) is 9.63. The number of amides is 2. The van der Waals surface area contributed by atoms with E-state index in [9.17, 15) is 9.59 Å². The SMILES string of the molecule is CNC(=O)[C@@H](C)N(Cc1ccc(Cl)cc1)C(=O)COc1ccc(Br)c(C)c1. The van der Waals surface area contributed by atoms with E-state index < -0.39 is 6.04 Å². The first-order chi connectivity index (χ1) is 12.8. The molecule has 0 spiro atoms. The van der Waals surface area contributed by atoms with Crippen LogP contribution in [0.4, 0.5) is 0 Å². The minimum Gasteiger partial charge on any atom is -0.484 e. The molecule has 0 aliphatic carbocycles. The Hall–Kier alpha value is -2.05. The summed E-state index contributed by atoms with van der Waals surface area (Å²) in [5, 5.41) is 3.20. The van der Waals surface area contributed by atoms with Crippen molar-refractivity contribution in [2.75, 3.05) is 13.7 Å². The van der Waals surface area contributed by atoms with Crippen LogP contribution >= 0.6 is 27.5 Å².